The van der Waals surface area contributed by atoms with Crippen LogP contribution in [-0.2, 0) is 6.54 Å². The summed E-state index contributed by atoms with van der Waals surface area (Å²) in [6, 6.07) is 6.62. The van der Waals surface area contributed by atoms with E-state index in [9.17, 15) is 0 Å². The predicted octanol–water partition coefficient (Wildman–Crippen LogP) is 2.22. The van der Waals surface area contributed by atoms with Crippen molar-refractivity contribution in [1.29, 1.82) is 0 Å². The number of nitrogens with zero attached hydrogens (tertiary/aromatic N) is 1. The standard InChI is InChI=1S/C15H24N2O/c1-17(2)11-12-4-5-15(18-3)14(10-12)13-6-8-16-9-7-13/h4-5,10,13,16H,6-9,11H2,1-3H3. The van der Waals surface area contributed by atoms with Gasteiger partial charge in [0.1, 0.15) is 5.75 Å². The average molecular weight is 248 g/mol. The maximum absolute atomic E-state index is 5.52. The highest BCUT2D eigenvalue weighted by Gasteiger charge is 2.19. The van der Waals surface area contributed by atoms with Gasteiger partial charge in [-0.1, -0.05) is 12.1 Å². The first-order chi connectivity index (χ1) is 8.70. The number of piperidine rings is 1. The molecule has 0 unspecified atom stereocenters. The topological polar surface area (TPSA) is 24.5 Å². The fraction of sp³-hybridized carbons (Fsp3) is 0.600. The minimum atomic E-state index is 0.642. The molecule has 1 saturated heterocycles. The van der Waals surface area contributed by atoms with E-state index in [2.05, 4.69) is 42.5 Å². The molecule has 18 heavy (non-hydrogen) atoms. The Morgan fingerprint density at radius 2 is 2.00 bits per heavy atom. The number of ether oxygens (including phenoxy) is 1. The molecule has 1 aromatic rings. The molecule has 1 N–H and O–H groups in total. The van der Waals surface area contributed by atoms with Crippen molar-refractivity contribution in [2.75, 3.05) is 34.3 Å². The first-order valence-electron chi connectivity index (χ1n) is 6.73. The zero-order valence-corrected chi connectivity index (χ0v) is 11.7. The molecule has 100 valence electrons. The summed E-state index contributed by atoms with van der Waals surface area (Å²) in [6.07, 6.45) is 2.42. The number of nitrogens with one attached hydrogen (secondary N) is 1. The average Bonchev–Trinajstić information content (AvgIpc) is 2.39. The van der Waals surface area contributed by atoms with Crippen LogP contribution < -0.4 is 10.1 Å². The SMILES string of the molecule is COc1ccc(CN(C)C)cc1C1CCNCC1. The Balaban J connectivity index is 2.23. The molecule has 0 aromatic heterocycles. The third-order valence-corrected chi connectivity index (χ3v) is 3.57. The second kappa shape index (κ2) is 6.21. The van der Waals surface area contributed by atoms with E-state index in [1.54, 1.807) is 7.11 Å². The molecule has 1 heterocycles. The summed E-state index contributed by atoms with van der Waals surface area (Å²) in [6.45, 7) is 3.22. The lowest BCUT2D eigenvalue weighted by Crippen LogP contribution is -2.27. The van der Waals surface area contributed by atoms with Crippen molar-refractivity contribution in [2.45, 2.75) is 25.3 Å². The van der Waals surface area contributed by atoms with Crippen LogP contribution in [0.3, 0.4) is 0 Å². The van der Waals surface area contributed by atoms with Gasteiger partial charge in [0, 0.05) is 6.54 Å². The molecule has 1 aliphatic rings. The monoisotopic (exact) mass is 248 g/mol. The zero-order valence-electron chi connectivity index (χ0n) is 11.7. The highest BCUT2D eigenvalue weighted by molar-refractivity contribution is 5.40. The van der Waals surface area contributed by atoms with Crippen molar-refractivity contribution in [3.8, 4) is 5.75 Å². The molecule has 0 spiro atoms. The Morgan fingerprint density at radius 3 is 2.61 bits per heavy atom. The fourth-order valence-corrected chi connectivity index (χ4v) is 2.70. The van der Waals surface area contributed by atoms with Gasteiger partial charge < -0.3 is 15.0 Å². The van der Waals surface area contributed by atoms with Gasteiger partial charge in [-0.05, 0) is 63.1 Å². The molecule has 3 heteroatoms. The van der Waals surface area contributed by atoms with Gasteiger partial charge in [-0.25, -0.2) is 0 Å². The third-order valence-electron chi connectivity index (χ3n) is 3.57. The molecular weight excluding hydrogens is 224 g/mol. The van der Waals surface area contributed by atoms with Crippen molar-refractivity contribution < 1.29 is 4.74 Å². The summed E-state index contributed by atoms with van der Waals surface area (Å²) in [5.74, 6) is 1.69. The second-order valence-electron chi connectivity index (χ2n) is 5.34. The molecule has 0 aliphatic carbocycles. The second-order valence-corrected chi connectivity index (χ2v) is 5.34. The highest BCUT2D eigenvalue weighted by Crippen LogP contribution is 2.33. The first-order valence-corrected chi connectivity index (χ1v) is 6.73. The van der Waals surface area contributed by atoms with E-state index in [0.29, 0.717) is 5.92 Å². The largest absolute Gasteiger partial charge is 0.496 e. The molecule has 0 bridgehead atoms. The van der Waals surface area contributed by atoms with Crippen molar-refractivity contribution in [3.63, 3.8) is 0 Å². The number of hydrogen-bond acceptors (Lipinski definition) is 3. The van der Waals surface area contributed by atoms with Crippen LogP contribution in [-0.4, -0.2) is 39.2 Å². The molecule has 1 aromatic carbocycles. The summed E-state index contributed by atoms with van der Waals surface area (Å²) in [4.78, 5) is 2.20. The van der Waals surface area contributed by atoms with Gasteiger partial charge in [-0.15, -0.1) is 0 Å². The van der Waals surface area contributed by atoms with Crippen LogP contribution in [0.15, 0.2) is 18.2 Å². The van der Waals surface area contributed by atoms with E-state index in [1.807, 2.05) is 0 Å². The van der Waals surface area contributed by atoms with Gasteiger partial charge in [-0.2, -0.15) is 0 Å². The van der Waals surface area contributed by atoms with Gasteiger partial charge in [0.05, 0.1) is 7.11 Å². The number of hydrogen-bond donors (Lipinski definition) is 1. The van der Waals surface area contributed by atoms with Crippen LogP contribution >= 0.6 is 0 Å². The Hall–Kier alpha value is -1.06. The summed E-state index contributed by atoms with van der Waals surface area (Å²) < 4.78 is 5.52. The van der Waals surface area contributed by atoms with Crippen LogP contribution in [0.5, 0.6) is 5.75 Å². The lowest BCUT2D eigenvalue weighted by atomic mass is 9.88. The third kappa shape index (κ3) is 3.24. The van der Waals surface area contributed by atoms with Gasteiger partial charge in [0.2, 0.25) is 0 Å². The van der Waals surface area contributed by atoms with E-state index >= 15 is 0 Å². The van der Waals surface area contributed by atoms with Gasteiger partial charge >= 0.3 is 0 Å². The number of benzene rings is 1. The maximum atomic E-state index is 5.52. The van der Waals surface area contributed by atoms with Crippen LogP contribution in [0.4, 0.5) is 0 Å². The minimum absolute atomic E-state index is 0.642. The molecule has 0 saturated carbocycles. The van der Waals surface area contributed by atoms with Crippen LogP contribution in [0.2, 0.25) is 0 Å². The first kappa shape index (κ1) is 13.4. The molecule has 0 amide bonds. The van der Waals surface area contributed by atoms with Gasteiger partial charge in [0.25, 0.3) is 0 Å². The summed E-state index contributed by atoms with van der Waals surface area (Å²) >= 11 is 0. The van der Waals surface area contributed by atoms with E-state index in [4.69, 9.17) is 4.74 Å². The van der Waals surface area contributed by atoms with Crippen molar-refractivity contribution in [1.82, 2.24) is 10.2 Å². The molecule has 1 aliphatic heterocycles. The van der Waals surface area contributed by atoms with Crippen molar-refractivity contribution in [2.24, 2.45) is 0 Å². The fourth-order valence-electron chi connectivity index (χ4n) is 2.70. The minimum Gasteiger partial charge on any atom is -0.496 e. The quantitative estimate of drug-likeness (QED) is 0.884. The molecule has 1 fully saturated rings. The highest BCUT2D eigenvalue weighted by atomic mass is 16.5. The molecular formula is C15H24N2O. The molecule has 3 nitrogen and oxygen atoms in total. The smallest absolute Gasteiger partial charge is 0.122 e. The molecule has 2 rings (SSSR count). The van der Waals surface area contributed by atoms with Crippen LogP contribution in [0.1, 0.15) is 29.9 Å². The Bertz CT molecular complexity index is 384. The van der Waals surface area contributed by atoms with Crippen LogP contribution in [0.25, 0.3) is 0 Å². The predicted molar refractivity (Wildman–Crippen MR) is 75.2 cm³/mol. The van der Waals surface area contributed by atoms with Gasteiger partial charge in [0.15, 0.2) is 0 Å². The van der Waals surface area contributed by atoms with Gasteiger partial charge in [-0.3, -0.25) is 0 Å². The summed E-state index contributed by atoms with van der Waals surface area (Å²) in [5, 5.41) is 3.42. The number of methoxy groups -OCH3 is 1. The summed E-state index contributed by atoms with van der Waals surface area (Å²) in [7, 11) is 5.98. The zero-order chi connectivity index (χ0) is 13.0. The lowest BCUT2D eigenvalue weighted by Gasteiger charge is -2.25. The van der Waals surface area contributed by atoms with E-state index < -0.39 is 0 Å². The van der Waals surface area contributed by atoms with E-state index in [0.717, 1.165) is 25.4 Å². The molecule has 0 radical (unpaired) electrons. The maximum Gasteiger partial charge on any atom is 0.122 e. The number of rotatable bonds is 4. The van der Waals surface area contributed by atoms with E-state index in [-0.39, 0.29) is 0 Å². The normalized spacial score (nSPS) is 17.1. The lowest BCUT2D eigenvalue weighted by molar-refractivity contribution is 0.386. The summed E-state index contributed by atoms with van der Waals surface area (Å²) in [5.41, 5.74) is 2.76. The van der Waals surface area contributed by atoms with E-state index in [1.165, 1.54) is 24.0 Å². The van der Waals surface area contributed by atoms with Crippen molar-refractivity contribution in [3.05, 3.63) is 29.3 Å². The molecule has 0 atom stereocenters. The van der Waals surface area contributed by atoms with Crippen LogP contribution in [0, 0.1) is 0 Å². The van der Waals surface area contributed by atoms with Crippen molar-refractivity contribution >= 4 is 0 Å². The Kier molecular flexibility index (Phi) is 4.61. The Morgan fingerprint density at radius 1 is 1.28 bits per heavy atom. The Labute approximate surface area is 110 Å².